The summed E-state index contributed by atoms with van der Waals surface area (Å²) in [4.78, 5) is 37.6. The molecule has 1 heterocycles. The van der Waals surface area contributed by atoms with Crippen LogP contribution in [0.1, 0.15) is 29.6 Å². The van der Waals surface area contributed by atoms with Crippen LogP contribution in [-0.4, -0.2) is 47.5 Å². The van der Waals surface area contributed by atoms with Crippen LogP contribution < -0.4 is 5.32 Å². The number of carbonyl (C=O) groups excluding carboxylic acids is 3. The van der Waals surface area contributed by atoms with Gasteiger partial charge in [-0.1, -0.05) is 6.07 Å². The highest BCUT2D eigenvalue weighted by atomic mass is 16.5. The highest BCUT2D eigenvalue weighted by Gasteiger charge is 2.41. The van der Waals surface area contributed by atoms with Gasteiger partial charge in [-0.2, -0.15) is 0 Å². The van der Waals surface area contributed by atoms with Crippen molar-refractivity contribution in [3.05, 3.63) is 23.8 Å². The van der Waals surface area contributed by atoms with E-state index in [4.69, 9.17) is 0 Å². The topological polar surface area (TPSA) is 95.9 Å². The zero-order valence-corrected chi connectivity index (χ0v) is 12.7. The van der Waals surface area contributed by atoms with Crippen LogP contribution in [0.4, 0.5) is 5.69 Å². The molecule has 7 nitrogen and oxygen atoms in total. The van der Waals surface area contributed by atoms with Gasteiger partial charge < -0.3 is 20.1 Å². The number of methoxy groups -OCH3 is 1. The van der Waals surface area contributed by atoms with E-state index < -0.39 is 11.9 Å². The summed E-state index contributed by atoms with van der Waals surface area (Å²) in [6.07, 6.45) is 2.18. The van der Waals surface area contributed by atoms with Gasteiger partial charge in [0.05, 0.1) is 18.7 Å². The molecule has 3 rings (SSSR count). The molecule has 7 heteroatoms. The molecule has 0 spiro atoms. The SMILES string of the molecule is COC(=O)c1cccc(NC(=O)C2CC(=O)N(C3CC3)C2)c1O. The van der Waals surface area contributed by atoms with Gasteiger partial charge in [0.2, 0.25) is 11.8 Å². The molecule has 1 saturated carbocycles. The van der Waals surface area contributed by atoms with Gasteiger partial charge in [0.15, 0.2) is 5.75 Å². The number of aromatic hydroxyl groups is 1. The van der Waals surface area contributed by atoms with Crippen LogP contribution in [0.25, 0.3) is 0 Å². The van der Waals surface area contributed by atoms with E-state index in [9.17, 15) is 19.5 Å². The molecule has 2 fully saturated rings. The first kappa shape index (κ1) is 15.3. The normalized spacial score (nSPS) is 20.5. The molecule has 2 aliphatic rings. The maximum Gasteiger partial charge on any atom is 0.341 e. The van der Waals surface area contributed by atoms with Crippen molar-refractivity contribution in [3.8, 4) is 5.75 Å². The van der Waals surface area contributed by atoms with E-state index in [-0.39, 0.29) is 41.3 Å². The fourth-order valence-electron chi connectivity index (χ4n) is 2.80. The molecule has 1 aromatic carbocycles. The number of hydrogen-bond acceptors (Lipinski definition) is 5. The maximum atomic E-state index is 12.3. The average Bonchev–Trinajstić information content (AvgIpc) is 3.30. The van der Waals surface area contributed by atoms with E-state index >= 15 is 0 Å². The zero-order chi connectivity index (χ0) is 16.6. The molecule has 2 N–H and O–H groups in total. The van der Waals surface area contributed by atoms with Crippen molar-refractivity contribution in [3.63, 3.8) is 0 Å². The van der Waals surface area contributed by atoms with Gasteiger partial charge in [-0.15, -0.1) is 0 Å². The van der Waals surface area contributed by atoms with Crippen LogP contribution in [0.2, 0.25) is 0 Å². The third kappa shape index (κ3) is 2.99. The van der Waals surface area contributed by atoms with Gasteiger partial charge in [0.1, 0.15) is 5.56 Å². The van der Waals surface area contributed by atoms with Gasteiger partial charge in [0.25, 0.3) is 0 Å². The first-order chi connectivity index (χ1) is 11.0. The molecule has 1 aliphatic heterocycles. The van der Waals surface area contributed by atoms with Crippen LogP contribution >= 0.6 is 0 Å². The second-order valence-corrected chi connectivity index (χ2v) is 5.86. The highest BCUT2D eigenvalue weighted by Crippen LogP contribution is 2.34. The van der Waals surface area contributed by atoms with Crippen molar-refractivity contribution in [2.45, 2.75) is 25.3 Å². The fourth-order valence-corrected chi connectivity index (χ4v) is 2.80. The van der Waals surface area contributed by atoms with Crippen LogP contribution in [0.5, 0.6) is 5.75 Å². The van der Waals surface area contributed by atoms with E-state index in [0.717, 1.165) is 12.8 Å². The first-order valence-corrected chi connectivity index (χ1v) is 7.52. The predicted molar refractivity (Wildman–Crippen MR) is 80.9 cm³/mol. The maximum absolute atomic E-state index is 12.3. The number of phenolic OH excluding ortho intramolecular Hbond substituents is 1. The molecule has 0 bridgehead atoms. The van der Waals surface area contributed by atoms with E-state index in [1.807, 2.05) is 0 Å². The largest absolute Gasteiger partial charge is 0.505 e. The third-order valence-electron chi connectivity index (χ3n) is 4.22. The number of amides is 2. The predicted octanol–water partition coefficient (Wildman–Crippen LogP) is 1.13. The van der Waals surface area contributed by atoms with Crippen LogP contribution in [0.15, 0.2) is 18.2 Å². The van der Waals surface area contributed by atoms with E-state index in [2.05, 4.69) is 10.1 Å². The summed E-state index contributed by atoms with van der Waals surface area (Å²) in [5.41, 5.74) is 0.114. The monoisotopic (exact) mass is 318 g/mol. The van der Waals surface area contributed by atoms with Crippen molar-refractivity contribution in [2.24, 2.45) is 5.92 Å². The minimum absolute atomic E-state index is 0.000170. The number of para-hydroxylation sites is 1. The third-order valence-corrected chi connectivity index (χ3v) is 4.22. The number of benzene rings is 1. The minimum Gasteiger partial charge on any atom is -0.505 e. The lowest BCUT2D eigenvalue weighted by Gasteiger charge is -2.16. The van der Waals surface area contributed by atoms with Gasteiger partial charge in [-0.05, 0) is 25.0 Å². The van der Waals surface area contributed by atoms with Crippen LogP contribution in [0, 0.1) is 5.92 Å². The molecule has 1 aliphatic carbocycles. The van der Waals surface area contributed by atoms with E-state index in [1.165, 1.54) is 25.3 Å². The Bertz CT molecular complexity index is 668. The number of likely N-dealkylation sites (tertiary alicyclic amines) is 1. The quantitative estimate of drug-likeness (QED) is 0.641. The number of esters is 1. The Morgan fingerprint density at radius 3 is 2.74 bits per heavy atom. The molecular formula is C16H18N2O5. The molecular weight excluding hydrogens is 300 g/mol. The lowest BCUT2D eigenvalue weighted by Crippen LogP contribution is -2.29. The van der Waals surface area contributed by atoms with Crippen molar-refractivity contribution in [1.29, 1.82) is 0 Å². The molecule has 1 atom stereocenters. The lowest BCUT2D eigenvalue weighted by atomic mass is 10.1. The standard InChI is InChI=1S/C16H18N2O5/c1-23-16(22)11-3-2-4-12(14(11)20)17-15(21)9-7-13(19)18(8-9)10-5-6-10/h2-4,9-10,20H,5-8H2,1H3,(H,17,21). The summed E-state index contributed by atoms with van der Waals surface area (Å²) in [7, 11) is 1.21. The van der Waals surface area contributed by atoms with E-state index in [0.29, 0.717) is 6.54 Å². The Morgan fingerprint density at radius 1 is 1.35 bits per heavy atom. The van der Waals surface area contributed by atoms with Gasteiger partial charge in [0, 0.05) is 19.0 Å². The Kier molecular flexibility index (Phi) is 3.94. The molecule has 0 radical (unpaired) electrons. The van der Waals surface area contributed by atoms with Crippen molar-refractivity contribution >= 4 is 23.5 Å². The van der Waals surface area contributed by atoms with Crippen molar-refractivity contribution in [1.82, 2.24) is 4.90 Å². The Balaban J connectivity index is 1.71. The summed E-state index contributed by atoms with van der Waals surface area (Å²) in [5.74, 6) is -1.80. The number of rotatable bonds is 4. The van der Waals surface area contributed by atoms with Gasteiger partial charge in [-0.3, -0.25) is 9.59 Å². The summed E-state index contributed by atoms with van der Waals surface area (Å²) in [6.45, 7) is 0.410. The highest BCUT2D eigenvalue weighted by molar-refractivity contribution is 6.01. The summed E-state index contributed by atoms with van der Waals surface area (Å²) < 4.78 is 4.58. The average molecular weight is 318 g/mol. The smallest absolute Gasteiger partial charge is 0.341 e. The minimum atomic E-state index is -0.686. The molecule has 1 aromatic rings. The summed E-state index contributed by atoms with van der Waals surface area (Å²) in [5, 5.41) is 12.7. The number of carbonyl (C=O) groups is 3. The summed E-state index contributed by atoms with van der Waals surface area (Å²) in [6, 6.07) is 4.73. The molecule has 1 saturated heterocycles. The molecule has 122 valence electrons. The second kappa shape index (κ2) is 5.91. The number of anilines is 1. The summed E-state index contributed by atoms with van der Waals surface area (Å²) >= 11 is 0. The Labute approximate surface area is 133 Å². The number of phenols is 1. The van der Waals surface area contributed by atoms with Crippen molar-refractivity contribution < 1.29 is 24.2 Å². The molecule has 0 aromatic heterocycles. The first-order valence-electron chi connectivity index (χ1n) is 7.52. The number of ether oxygens (including phenoxy) is 1. The van der Waals surface area contributed by atoms with Gasteiger partial charge in [-0.25, -0.2) is 4.79 Å². The van der Waals surface area contributed by atoms with Crippen LogP contribution in [0.3, 0.4) is 0 Å². The molecule has 1 unspecified atom stereocenters. The number of hydrogen-bond donors (Lipinski definition) is 2. The number of nitrogens with one attached hydrogen (secondary N) is 1. The van der Waals surface area contributed by atoms with E-state index in [1.54, 1.807) is 4.90 Å². The lowest BCUT2D eigenvalue weighted by molar-refractivity contribution is -0.128. The Morgan fingerprint density at radius 2 is 2.09 bits per heavy atom. The zero-order valence-electron chi connectivity index (χ0n) is 12.7. The van der Waals surface area contributed by atoms with Crippen LogP contribution in [-0.2, 0) is 14.3 Å². The molecule has 23 heavy (non-hydrogen) atoms. The second-order valence-electron chi connectivity index (χ2n) is 5.86. The number of nitrogens with zero attached hydrogens (tertiary/aromatic N) is 1. The Hall–Kier alpha value is -2.57. The fraction of sp³-hybridized carbons (Fsp3) is 0.438. The van der Waals surface area contributed by atoms with Gasteiger partial charge >= 0.3 is 5.97 Å². The molecule has 2 amide bonds. The van der Waals surface area contributed by atoms with Crippen molar-refractivity contribution in [2.75, 3.05) is 19.0 Å².